The number of rotatable bonds is 3. The maximum absolute atomic E-state index is 12.1. The maximum atomic E-state index is 12.1. The first-order chi connectivity index (χ1) is 8.78. The second kappa shape index (κ2) is 5.32. The van der Waals surface area contributed by atoms with Crippen molar-refractivity contribution in [1.29, 1.82) is 0 Å². The van der Waals surface area contributed by atoms with Gasteiger partial charge >= 0.3 is 0 Å². The molecule has 0 radical (unpaired) electrons. The Morgan fingerprint density at radius 2 is 2.05 bits per heavy atom. The van der Waals surface area contributed by atoms with E-state index in [0.29, 0.717) is 19.4 Å². The molecule has 0 aromatic carbocycles. The molecule has 2 heterocycles. The molecular weight excluding hydrogens is 290 g/mol. The molecule has 1 aromatic heterocycles. The Kier molecular flexibility index (Phi) is 4.10. The van der Waals surface area contributed by atoms with Gasteiger partial charge in [0.2, 0.25) is 15.3 Å². The first-order valence-electron chi connectivity index (χ1n) is 5.92. The lowest BCUT2D eigenvalue weighted by molar-refractivity contribution is -0.0599. The molecule has 1 saturated heterocycles. The van der Waals surface area contributed by atoms with Crippen LogP contribution in [0.5, 0.6) is 0 Å². The van der Waals surface area contributed by atoms with Crippen LogP contribution in [0.2, 0.25) is 5.28 Å². The van der Waals surface area contributed by atoms with Crippen LogP contribution in [0.15, 0.2) is 17.3 Å². The standard InChI is InChI=1S/C11H16ClN3O3S/c1-11(2)5-8(3-4-18-11)15-19(16,17)9-6-13-10(12)14-7-9/h6-8,15H,3-5H2,1-2H3. The first-order valence-corrected chi connectivity index (χ1v) is 7.78. The predicted octanol–water partition coefficient (Wildman–Crippen LogP) is 1.37. The van der Waals surface area contributed by atoms with Crippen LogP contribution in [0.4, 0.5) is 0 Å². The molecule has 1 N–H and O–H groups in total. The van der Waals surface area contributed by atoms with E-state index >= 15 is 0 Å². The van der Waals surface area contributed by atoms with Gasteiger partial charge in [0.1, 0.15) is 4.90 Å². The van der Waals surface area contributed by atoms with E-state index in [1.807, 2.05) is 13.8 Å². The zero-order valence-corrected chi connectivity index (χ0v) is 12.3. The molecule has 1 aromatic rings. The maximum Gasteiger partial charge on any atom is 0.243 e. The molecule has 1 fully saturated rings. The molecule has 0 aliphatic carbocycles. The van der Waals surface area contributed by atoms with Crippen molar-refractivity contribution < 1.29 is 13.2 Å². The summed E-state index contributed by atoms with van der Waals surface area (Å²) in [6, 6.07) is -0.149. The van der Waals surface area contributed by atoms with Gasteiger partial charge in [0.25, 0.3) is 0 Å². The molecule has 0 saturated carbocycles. The molecule has 106 valence electrons. The van der Waals surface area contributed by atoms with Crippen molar-refractivity contribution in [2.45, 2.75) is 43.2 Å². The first kappa shape index (κ1) is 14.6. The highest BCUT2D eigenvalue weighted by Crippen LogP contribution is 2.25. The molecule has 2 rings (SSSR count). The van der Waals surface area contributed by atoms with Gasteiger partial charge in [-0.15, -0.1) is 0 Å². The average molecular weight is 306 g/mol. The summed E-state index contributed by atoms with van der Waals surface area (Å²) in [5.41, 5.74) is -0.318. The lowest BCUT2D eigenvalue weighted by atomic mass is 9.95. The van der Waals surface area contributed by atoms with E-state index < -0.39 is 10.0 Å². The fourth-order valence-corrected chi connectivity index (χ4v) is 3.32. The molecule has 1 aliphatic rings. The lowest BCUT2D eigenvalue weighted by Crippen LogP contribution is -2.45. The number of aromatic nitrogens is 2. The van der Waals surface area contributed by atoms with Gasteiger partial charge in [-0.2, -0.15) is 0 Å². The molecule has 0 amide bonds. The number of nitrogens with zero attached hydrogens (tertiary/aromatic N) is 2. The molecule has 19 heavy (non-hydrogen) atoms. The van der Waals surface area contributed by atoms with E-state index in [1.54, 1.807) is 0 Å². The third kappa shape index (κ3) is 3.85. The van der Waals surface area contributed by atoms with E-state index in [-0.39, 0.29) is 21.8 Å². The van der Waals surface area contributed by atoms with Gasteiger partial charge in [-0.05, 0) is 38.3 Å². The second-order valence-corrected chi connectivity index (χ2v) is 7.16. The van der Waals surface area contributed by atoms with E-state index in [1.165, 1.54) is 12.4 Å². The Morgan fingerprint density at radius 1 is 1.42 bits per heavy atom. The fourth-order valence-electron chi connectivity index (χ4n) is 2.06. The molecule has 6 nitrogen and oxygen atoms in total. The molecular formula is C11H16ClN3O3S. The molecule has 1 atom stereocenters. The van der Waals surface area contributed by atoms with Gasteiger partial charge in [-0.25, -0.2) is 23.1 Å². The molecule has 1 unspecified atom stereocenters. The summed E-state index contributed by atoms with van der Waals surface area (Å²) >= 11 is 5.54. The minimum Gasteiger partial charge on any atom is -0.375 e. The van der Waals surface area contributed by atoms with Crippen LogP contribution < -0.4 is 4.72 Å². The SMILES string of the molecule is CC1(C)CC(NS(=O)(=O)c2cnc(Cl)nc2)CCO1. The summed E-state index contributed by atoms with van der Waals surface area (Å²) in [6.45, 7) is 4.43. The third-order valence-electron chi connectivity index (χ3n) is 2.93. The Bertz CT molecular complexity index is 545. The monoisotopic (exact) mass is 305 g/mol. The van der Waals surface area contributed by atoms with E-state index in [2.05, 4.69) is 14.7 Å². The van der Waals surface area contributed by atoms with E-state index in [4.69, 9.17) is 16.3 Å². The number of sulfonamides is 1. The Labute approximate surface area is 117 Å². The van der Waals surface area contributed by atoms with Crippen molar-refractivity contribution in [3.63, 3.8) is 0 Å². The van der Waals surface area contributed by atoms with Crippen molar-refractivity contribution in [3.05, 3.63) is 17.7 Å². The van der Waals surface area contributed by atoms with Gasteiger partial charge in [-0.1, -0.05) is 0 Å². The lowest BCUT2D eigenvalue weighted by Gasteiger charge is -2.35. The highest BCUT2D eigenvalue weighted by Gasteiger charge is 2.31. The van der Waals surface area contributed by atoms with Crippen molar-refractivity contribution in [2.24, 2.45) is 0 Å². The normalized spacial score (nSPS) is 23.2. The Hall–Kier alpha value is -0.760. The van der Waals surface area contributed by atoms with Crippen molar-refractivity contribution in [3.8, 4) is 0 Å². The largest absolute Gasteiger partial charge is 0.375 e. The van der Waals surface area contributed by atoms with E-state index in [0.717, 1.165) is 0 Å². The van der Waals surface area contributed by atoms with Gasteiger partial charge in [0.05, 0.1) is 18.0 Å². The van der Waals surface area contributed by atoms with Gasteiger partial charge in [0, 0.05) is 12.6 Å². The third-order valence-corrected chi connectivity index (χ3v) is 4.60. The van der Waals surface area contributed by atoms with Crippen LogP contribution >= 0.6 is 11.6 Å². The molecule has 8 heteroatoms. The predicted molar refractivity (Wildman–Crippen MR) is 70.4 cm³/mol. The summed E-state index contributed by atoms with van der Waals surface area (Å²) < 4.78 is 32.5. The van der Waals surface area contributed by atoms with Crippen LogP contribution in [0.3, 0.4) is 0 Å². The number of hydrogen-bond acceptors (Lipinski definition) is 5. The van der Waals surface area contributed by atoms with Crippen LogP contribution in [0.1, 0.15) is 26.7 Å². The summed E-state index contributed by atoms with van der Waals surface area (Å²) in [5, 5.41) is 0.0196. The zero-order valence-electron chi connectivity index (χ0n) is 10.8. The second-order valence-electron chi connectivity index (χ2n) is 5.11. The molecule has 0 spiro atoms. The van der Waals surface area contributed by atoms with Crippen molar-refractivity contribution in [1.82, 2.24) is 14.7 Å². The van der Waals surface area contributed by atoms with Crippen LogP contribution in [-0.2, 0) is 14.8 Å². The smallest absolute Gasteiger partial charge is 0.243 e. The Morgan fingerprint density at radius 3 is 2.63 bits per heavy atom. The van der Waals surface area contributed by atoms with Crippen molar-refractivity contribution in [2.75, 3.05) is 6.61 Å². The van der Waals surface area contributed by atoms with Crippen molar-refractivity contribution >= 4 is 21.6 Å². The van der Waals surface area contributed by atoms with Crippen LogP contribution in [0, 0.1) is 0 Å². The van der Waals surface area contributed by atoms with Crippen LogP contribution in [0.25, 0.3) is 0 Å². The highest BCUT2D eigenvalue weighted by molar-refractivity contribution is 7.89. The molecule has 1 aliphatic heterocycles. The summed E-state index contributed by atoms with van der Waals surface area (Å²) in [4.78, 5) is 7.37. The summed E-state index contributed by atoms with van der Waals surface area (Å²) in [5.74, 6) is 0. The number of hydrogen-bond donors (Lipinski definition) is 1. The number of nitrogens with one attached hydrogen (secondary N) is 1. The topological polar surface area (TPSA) is 81.2 Å². The number of ether oxygens (including phenoxy) is 1. The van der Waals surface area contributed by atoms with Crippen LogP contribution in [-0.4, -0.2) is 36.6 Å². The van der Waals surface area contributed by atoms with Gasteiger partial charge in [-0.3, -0.25) is 0 Å². The Balaban J connectivity index is 2.11. The van der Waals surface area contributed by atoms with Gasteiger partial charge in [0.15, 0.2) is 0 Å². The minimum absolute atomic E-state index is 0.0150. The summed E-state index contributed by atoms with van der Waals surface area (Å²) in [6.07, 6.45) is 3.67. The molecule has 0 bridgehead atoms. The number of halogens is 1. The van der Waals surface area contributed by atoms with Gasteiger partial charge < -0.3 is 4.74 Å². The highest BCUT2D eigenvalue weighted by atomic mass is 35.5. The average Bonchev–Trinajstić information content (AvgIpc) is 2.27. The quantitative estimate of drug-likeness (QED) is 0.853. The summed E-state index contributed by atoms with van der Waals surface area (Å²) in [7, 11) is -3.62. The minimum atomic E-state index is -3.62. The van der Waals surface area contributed by atoms with E-state index in [9.17, 15) is 8.42 Å². The fraction of sp³-hybridized carbons (Fsp3) is 0.636. The zero-order chi connectivity index (χ0) is 14.1.